The van der Waals surface area contributed by atoms with Crippen LogP contribution < -0.4 is 15.5 Å². The number of H-pyrrole nitrogens is 1. The van der Waals surface area contributed by atoms with Crippen molar-refractivity contribution in [1.29, 1.82) is 0 Å². The van der Waals surface area contributed by atoms with Crippen LogP contribution in [-0.4, -0.2) is 36.4 Å². The SMILES string of the molecule is C=C1c2c(n[nH]c2C)-c2cc(N3CCCC3)ccc2N1CCCN. The van der Waals surface area contributed by atoms with E-state index in [9.17, 15) is 0 Å². The van der Waals surface area contributed by atoms with E-state index in [-0.39, 0.29) is 0 Å². The molecule has 4 rings (SSSR count). The lowest BCUT2D eigenvalue weighted by molar-refractivity contribution is 0.819. The summed E-state index contributed by atoms with van der Waals surface area (Å²) in [5.41, 5.74) is 13.7. The first-order valence-electron chi connectivity index (χ1n) is 8.82. The Labute approximate surface area is 143 Å². The Morgan fingerprint density at radius 2 is 2.08 bits per heavy atom. The molecule has 3 heterocycles. The molecule has 5 heteroatoms. The summed E-state index contributed by atoms with van der Waals surface area (Å²) < 4.78 is 0. The smallest absolute Gasteiger partial charge is 0.104 e. The number of hydrogen-bond acceptors (Lipinski definition) is 4. The van der Waals surface area contributed by atoms with Gasteiger partial charge in [-0.25, -0.2) is 0 Å². The fourth-order valence-corrected chi connectivity index (χ4v) is 3.88. The molecule has 0 unspecified atom stereocenters. The molecule has 5 nitrogen and oxygen atoms in total. The summed E-state index contributed by atoms with van der Waals surface area (Å²) in [4.78, 5) is 4.76. The Kier molecular flexibility index (Phi) is 3.81. The molecule has 1 aromatic heterocycles. The molecule has 2 aliphatic heterocycles. The maximum atomic E-state index is 5.74. The van der Waals surface area contributed by atoms with Gasteiger partial charge >= 0.3 is 0 Å². The van der Waals surface area contributed by atoms with Crippen LogP contribution in [0.3, 0.4) is 0 Å². The molecule has 0 amide bonds. The quantitative estimate of drug-likeness (QED) is 0.907. The van der Waals surface area contributed by atoms with Gasteiger partial charge in [-0.15, -0.1) is 0 Å². The van der Waals surface area contributed by atoms with E-state index < -0.39 is 0 Å². The molecule has 0 aliphatic carbocycles. The van der Waals surface area contributed by atoms with E-state index in [2.05, 4.69) is 51.7 Å². The van der Waals surface area contributed by atoms with Gasteiger partial charge < -0.3 is 15.5 Å². The minimum atomic E-state index is 0.683. The molecule has 0 radical (unpaired) electrons. The van der Waals surface area contributed by atoms with Gasteiger partial charge in [0.2, 0.25) is 0 Å². The second kappa shape index (κ2) is 5.98. The second-order valence-electron chi connectivity index (χ2n) is 6.71. The zero-order chi connectivity index (χ0) is 16.7. The van der Waals surface area contributed by atoms with Crippen molar-refractivity contribution in [1.82, 2.24) is 10.2 Å². The molecule has 1 aromatic carbocycles. The Hall–Kier alpha value is -2.27. The Balaban J connectivity index is 1.82. The van der Waals surface area contributed by atoms with Gasteiger partial charge in [-0.1, -0.05) is 6.58 Å². The van der Waals surface area contributed by atoms with Gasteiger partial charge in [0.15, 0.2) is 0 Å². The predicted molar refractivity (Wildman–Crippen MR) is 100 cm³/mol. The van der Waals surface area contributed by atoms with Gasteiger partial charge in [0.05, 0.1) is 5.69 Å². The number of anilines is 2. The third-order valence-electron chi connectivity index (χ3n) is 5.14. The van der Waals surface area contributed by atoms with Crippen molar-refractivity contribution in [2.45, 2.75) is 26.2 Å². The van der Waals surface area contributed by atoms with Gasteiger partial charge in [0.1, 0.15) is 5.69 Å². The fraction of sp³-hybridized carbons (Fsp3) is 0.421. The molecular weight excluding hydrogens is 298 g/mol. The maximum Gasteiger partial charge on any atom is 0.104 e. The first-order valence-corrected chi connectivity index (χ1v) is 8.82. The number of nitrogens with one attached hydrogen (secondary N) is 1. The highest BCUT2D eigenvalue weighted by Crippen LogP contribution is 2.45. The summed E-state index contributed by atoms with van der Waals surface area (Å²) >= 11 is 0. The highest BCUT2D eigenvalue weighted by Gasteiger charge is 2.29. The zero-order valence-electron chi connectivity index (χ0n) is 14.3. The topological polar surface area (TPSA) is 61.2 Å². The summed E-state index contributed by atoms with van der Waals surface area (Å²) in [7, 11) is 0. The lowest BCUT2D eigenvalue weighted by atomic mass is 9.95. The van der Waals surface area contributed by atoms with E-state index in [0.717, 1.165) is 48.7 Å². The van der Waals surface area contributed by atoms with Crippen molar-refractivity contribution in [3.8, 4) is 11.3 Å². The largest absolute Gasteiger partial charge is 0.372 e. The molecule has 0 bridgehead atoms. The van der Waals surface area contributed by atoms with Crippen molar-refractivity contribution >= 4 is 17.1 Å². The number of nitrogens with two attached hydrogens (primary N) is 1. The molecular formula is C19H25N5. The van der Waals surface area contributed by atoms with E-state index >= 15 is 0 Å². The van der Waals surface area contributed by atoms with E-state index in [1.165, 1.54) is 29.8 Å². The third kappa shape index (κ3) is 2.31. The second-order valence-corrected chi connectivity index (χ2v) is 6.71. The molecule has 24 heavy (non-hydrogen) atoms. The van der Waals surface area contributed by atoms with Crippen molar-refractivity contribution in [2.24, 2.45) is 5.73 Å². The van der Waals surface area contributed by atoms with Crippen LogP contribution in [0.25, 0.3) is 17.0 Å². The summed E-state index contributed by atoms with van der Waals surface area (Å²) in [6, 6.07) is 6.75. The van der Waals surface area contributed by atoms with Crippen LogP contribution in [0, 0.1) is 6.92 Å². The normalized spacial score (nSPS) is 16.5. The predicted octanol–water partition coefficient (Wildman–Crippen LogP) is 3.12. The number of aromatic amines is 1. The highest BCUT2D eigenvalue weighted by atomic mass is 15.2. The van der Waals surface area contributed by atoms with Crippen LogP contribution in [0.5, 0.6) is 0 Å². The molecule has 1 saturated heterocycles. The number of benzene rings is 1. The van der Waals surface area contributed by atoms with Crippen LogP contribution in [0.1, 0.15) is 30.5 Å². The molecule has 2 aromatic rings. The Bertz CT molecular complexity index is 770. The number of nitrogens with zero attached hydrogens (tertiary/aromatic N) is 3. The van der Waals surface area contributed by atoms with Gasteiger partial charge in [0, 0.05) is 47.8 Å². The fourth-order valence-electron chi connectivity index (χ4n) is 3.88. The number of fused-ring (bicyclic) bond motifs is 3. The van der Waals surface area contributed by atoms with Gasteiger partial charge in [-0.2, -0.15) is 5.10 Å². The molecule has 1 fully saturated rings. The van der Waals surface area contributed by atoms with Crippen molar-refractivity contribution < 1.29 is 0 Å². The Morgan fingerprint density at radius 3 is 2.83 bits per heavy atom. The minimum Gasteiger partial charge on any atom is -0.372 e. The number of hydrogen-bond donors (Lipinski definition) is 2. The zero-order valence-corrected chi connectivity index (χ0v) is 14.3. The van der Waals surface area contributed by atoms with Crippen LogP contribution in [0.15, 0.2) is 24.8 Å². The molecule has 3 N–H and O–H groups in total. The molecule has 0 spiro atoms. The molecule has 0 saturated carbocycles. The van der Waals surface area contributed by atoms with Gasteiger partial charge in [-0.05, 0) is 50.9 Å². The standard InChI is InChI=1S/C19H25N5/c1-13-18-14(2)24(11-5-8-20)17-7-6-15(23-9-3-4-10-23)12-16(17)19(18)22-21-13/h6-7,12H,2-5,8-11,20H2,1H3,(H,21,22). The number of rotatable bonds is 4. The number of aromatic nitrogens is 2. The lowest BCUT2D eigenvalue weighted by Gasteiger charge is -2.33. The van der Waals surface area contributed by atoms with E-state index in [1.54, 1.807) is 0 Å². The summed E-state index contributed by atoms with van der Waals surface area (Å²) in [5, 5.41) is 7.72. The van der Waals surface area contributed by atoms with Crippen molar-refractivity contribution in [2.75, 3.05) is 36.0 Å². The van der Waals surface area contributed by atoms with E-state index in [4.69, 9.17) is 5.73 Å². The van der Waals surface area contributed by atoms with Crippen molar-refractivity contribution in [3.63, 3.8) is 0 Å². The van der Waals surface area contributed by atoms with Crippen LogP contribution in [-0.2, 0) is 0 Å². The van der Waals surface area contributed by atoms with Crippen molar-refractivity contribution in [3.05, 3.63) is 36.0 Å². The number of aryl methyl sites for hydroxylation is 1. The lowest BCUT2D eigenvalue weighted by Crippen LogP contribution is -2.28. The Morgan fingerprint density at radius 1 is 1.29 bits per heavy atom. The van der Waals surface area contributed by atoms with E-state index in [0.29, 0.717) is 6.54 Å². The molecule has 2 aliphatic rings. The summed E-state index contributed by atoms with van der Waals surface area (Å²) in [6.07, 6.45) is 3.51. The third-order valence-corrected chi connectivity index (χ3v) is 5.14. The molecule has 126 valence electrons. The first-order chi connectivity index (χ1) is 11.7. The minimum absolute atomic E-state index is 0.683. The monoisotopic (exact) mass is 323 g/mol. The average Bonchev–Trinajstić information content (AvgIpc) is 3.24. The van der Waals surface area contributed by atoms with Gasteiger partial charge in [0.25, 0.3) is 0 Å². The van der Waals surface area contributed by atoms with Crippen LogP contribution >= 0.6 is 0 Å². The maximum absolute atomic E-state index is 5.74. The van der Waals surface area contributed by atoms with Crippen LogP contribution in [0.2, 0.25) is 0 Å². The van der Waals surface area contributed by atoms with Gasteiger partial charge in [-0.3, -0.25) is 5.10 Å². The molecule has 0 atom stereocenters. The first kappa shape index (κ1) is 15.3. The summed E-state index contributed by atoms with van der Waals surface area (Å²) in [6.45, 7) is 10.3. The average molecular weight is 323 g/mol. The van der Waals surface area contributed by atoms with Crippen LogP contribution in [0.4, 0.5) is 11.4 Å². The summed E-state index contributed by atoms with van der Waals surface area (Å²) in [5.74, 6) is 0. The van der Waals surface area contributed by atoms with E-state index in [1.807, 2.05) is 0 Å². The highest BCUT2D eigenvalue weighted by molar-refractivity contribution is 5.98.